The average Bonchev–Trinajstić information content (AvgIpc) is 2.98. The van der Waals surface area contributed by atoms with Gasteiger partial charge in [0.05, 0.1) is 16.8 Å². The largest absolute Gasteiger partial charge is 0.484 e. The number of thiazole rings is 1. The quantitative estimate of drug-likeness (QED) is 0.581. The first-order chi connectivity index (χ1) is 13.1. The monoisotopic (exact) mass is 384 g/mol. The molecule has 1 heterocycles. The van der Waals surface area contributed by atoms with Crippen LogP contribution >= 0.6 is 11.3 Å². The van der Waals surface area contributed by atoms with Crippen LogP contribution in [0.4, 0.5) is 0 Å². The number of benzene rings is 2. The standard InChI is InChI=1S/C21H24N2O3S/c1-4-25-11-10-23-18-12-15(2)16(3)13-19(18)27-21(23)22-20(24)14-26-17-8-6-5-7-9-17/h5-9,12-13H,4,10-11,14H2,1-3H3. The number of carbonyl (C=O) groups excluding carboxylic acids is 1. The van der Waals surface area contributed by atoms with Crippen molar-refractivity contribution in [1.29, 1.82) is 0 Å². The molecule has 0 bridgehead atoms. The summed E-state index contributed by atoms with van der Waals surface area (Å²) in [6.45, 7) is 7.97. The highest BCUT2D eigenvalue weighted by Crippen LogP contribution is 2.22. The van der Waals surface area contributed by atoms with Crippen LogP contribution in [0, 0.1) is 13.8 Å². The number of para-hydroxylation sites is 1. The Labute approximate surface area is 162 Å². The maximum absolute atomic E-state index is 12.3. The Morgan fingerprint density at radius 3 is 2.63 bits per heavy atom. The van der Waals surface area contributed by atoms with E-state index in [1.54, 1.807) is 0 Å². The Hall–Kier alpha value is -2.44. The molecular weight excluding hydrogens is 360 g/mol. The van der Waals surface area contributed by atoms with Gasteiger partial charge in [0, 0.05) is 13.2 Å². The molecule has 1 amide bonds. The minimum Gasteiger partial charge on any atom is -0.484 e. The summed E-state index contributed by atoms with van der Waals surface area (Å²) in [6.07, 6.45) is 0. The van der Waals surface area contributed by atoms with Crippen LogP contribution in [-0.2, 0) is 16.1 Å². The van der Waals surface area contributed by atoms with E-state index in [9.17, 15) is 4.79 Å². The molecule has 3 rings (SSSR count). The van der Waals surface area contributed by atoms with Crippen molar-refractivity contribution < 1.29 is 14.3 Å². The second kappa shape index (κ2) is 8.97. The SMILES string of the molecule is CCOCCn1c(=NC(=O)COc2ccccc2)sc2cc(C)c(C)cc21. The fourth-order valence-corrected chi connectivity index (χ4v) is 3.88. The third-order valence-electron chi connectivity index (χ3n) is 4.29. The van der Waals surface area contributed by atoms with E-state index in [1.165, 1.54) is 22.5 Å². The molecule has 0 aliphatic carbocycles. The van der Waals surface area contributed by atoms with E-state index >= 15 is 0 Å². The lowest BCUT2D eigenvalue weighted by molar-refractivity contribution is -0.120. The lowest BCUT2D eigenvalue weighted by Gasteiger charge is -2.07. The Bertz CT molecular complexity index is 990. The molecule has 0 saturated heterocycles. The fourth-order valence-electron chi connectivity index (χ4n) is 2.72. The first-order valence-electron chi connectivity index (χ1n) is 9.02. The molecule has 0 unspecified atom stereocenters. The lowest BCUT2D eigenvalue weighted by Crippen LogP contribution is -2.21. The first-order valence-corrected chi connectivity index (χ1v) is 9.84. The molecule has 0 N–H and O–H groups in total. The zero-order valence-electron chi connectivity index (χ0n) is 15.9. The van der Waals surface area contributed by atoms with Crippen LogP contribution in [-0.4, -0.2) is 30.3 Å². The Balaban J connectivity index is 1.89. The molecule has 142 valence electrons. The van der Waals surface area contributed by atoms with E-state index in [4.69, 9.17) is 9.47 Å². The summed E-state index contributed by atoms with van der Waals surface area (Å²) in [4.78, 5) is 17.3. The van der Waals surface area contributed by atoms with Gasteiger partial charge in [-0.2, -0.15) is 4.99 Å². The highest BCUT2D eigenvalue weighted by atomic mass is 32.1. The molecule has 6 heteroatoms. The molecule has 0 aliphatic heterocycles. The lowest BCUT2D eigenvalue weighted by atomic mass is 10.1. The number of amides is 1. The van der Waals surface area contributed by atoms with Gasteiger partial charge in [0.1, 0.15) is 5.75 Å². The predicted molar refractivity (Wildman–Crippen MR) is 108 cm³/mol. The van der Waals surface area contributed by atoms with Gasteiger partial charge in [-0.25, -0.2) is 0 Å². The van der Waals surface area contributed by atoms with Crippen molar-refractivity contribution in [1.82, 2.24) is 4.57 Å². The number of hydrogen-bond acceptors (Lipinski definition) is 4. The molecule has 2 aromatic carbocycles. The van der Waals surface area contributed by atoms with Gasteiger partial charge in [0.15, 0.2) is 11.4 Å². The van der Waals surface area contributed by atoms with Crippen molar-refractivity contribution >= 4 is 27.5 Å². The van der Waals surface area contributed by atoms with E-state index in [1.807, 2.05) is 37.3 Å². The van der Waals surface area contributed by atoms with Gasteiger partial charge in [-0.3, -0.25) is 4.79 Å². The normalized spacial score (nSPS) is 11.9. The van der Waals surface area contributed by atoms with Crippen molar-refractivity contribution in [3.05, 3.63) is 58.4 Å². The predicted octanol–water partition coefficient (Wildman–Crippen LogP) is 3.86. The van der Waals surface area contributed by atoms with Crippen molar-refractivity contribution in [2.75, 3.05) is 19.8 Å². The molecule has 0 spiro atoms. The number of aryl methyl sites for hydroxylation is 2. The number of nitrogens with zero attached hydrogens (tertiary/aromatic N) is 2. The molecule has 1 aromatic heterocycles. The summed E-state index contributed by atoms with van der Waals surface area (Å²) >= 11 is 1.52. The summed E-state index contributed by atoms with van der Waals surface area (Å²) in [6, 6.07) is 13.6. The zero-order chi connectivity index (χ0) is 19.2. The Kier molecular flexibility index (Phi) is 6.42. The average molecular weight is 385 g/mol. The third kappa shape index (κ3) is 4.84. The Morgan fingerprint density at radius 2 is 1.89 bits per heavy atom. The van der Waals surface area contributed by atoms with E-state index in [-0.39, 0.29) is 12.5 Å². The molecule has 0 radical (unpaired) electrons. The highest BCUT2D eigenvalue weighted by molar-refractivity contribution is 7.16. The molecular formula is C21H24N2O3S. The number of fused-ring (bicyclic) bond motifs is 1. The van der Waals surface area contributed by atoms with E-state index in [2.05, 4.69) is 35.5 Å². The molecule has 3 aromatic rings. The van der Waals surface area contributed by atoms with Gasteiger partial charge in [-0.15, -0.1) is 0 Å². The maximum atomic E-state index is 12.3. The number of rotatable bonds is 7. The van der Waals surface area contributed by atoms with Gasteiger partial charge in [0.25, 0.3) is 5.91 Å². The van der Waals surface area contributed by atoms with Crippen LogP contribution in [0.5, 0.6) is 5.75 Å². The number of aromatic nitrogens is 1. The molecule has 27 heavy (non-hydrogen) atoms. The molecule has 5 nitrogen and oxygen atoms in total. The van der Waals surface area contributed by atoms with E-state index in [0.717, 1.165) is 10.2 Å². The minimum absolute atomic E-state index is 0.0816. The van der Waals surface area contributed by atoms with Crippen LogP contribution in [0.25, 0.3) is 10.2 Å². The number of ether oxygens (including phenoxy) is 2. The van der Waals surface area contributed by atoms with Gasteiger partial charge in [-0.1, -0.05) is 29.5 Å². The van der Waals surface area contributed by atoms with Crippen LogP contribution < -0.4 is 9.54 Å². The maximum Gasteiger partial charge on any atom is 0.286 e. The van der Waals surface area contributed by atoms with Gasteiger partial charge >= 0.3 is 0 Å². The second-order valence-electron chi connectivity index (χ2n) is 6.24. The Morgan fingerprint density at radius 1 is 1.15 bits per heavy atom. The van der Waals surface area contributed by atoms with Crippen LogP contribution in [0.1, 0.15) is 18.1 Å². The fraction of sp³-hybridized carbons (Fsp3) is 0.333. The van der Waals surface area contributed by atoms with Crippen molar-refractivity contribution in [2.45, 2.75) is 27.3 Å². The molecule has 0 aliphatic rings. The van der Waals surface area contributed by atoms with Crippen molar-refractivity contribution in [2.24, 2.45) is 4.99 Å². The van der Waals surface area contributed by atoms with Crippen molar-refractivity contribution in [3.63, 3.8) is 0 Å². The van der Waals surface area contributed by atoms with Crippen LogP contribution in [0.15, 0.2) is 47.5 Å². The third-order valence-corrected chi connectivity index (χ3v) is 5.33. The zero-order valence-corrected chi connectivity index (χ0v) is 16.7. The van der Waals surface area contributed by atoms with E-state index < -0.39 is 0 Å². The summed E-state index contributed by atoms with van der Waals surface area (Å²) in [5.74, 6) is 0.358. The number of carbonyl (C=O) groups is 1. The second-order valence-corrected chi connectivity index (χ2v) is 7.25. The van der Waals surface area contributed by atoms with Gasteiger partial charge < -0.3 is 14.0 Å². The van der Waals surface area contributed by atoms with Crippen LogP contribution in [0.2, 0.25) is 0 Å². The van der Waals surface area contributed by atoms with Crippen LogP contribution in [0.3, 0.4) is 0 Å². The summed E-state index contributed by atoms with van der Waals surface area (Å²) in [7, 11) is 0. The highest BCUT2D eigenvalue weighted by Gasteiger charge is 2.10. The van der Waals surface area contributed by atoms with Gasteiger partial charge in [-0.05, 0) is 56.2 Å². The van der Waals surface area contributed by atoms with E-state index in [0.29, 0.717) is 30.3 Å². The summed E-state index contributed by atoms with van der Waals surface area (Å²) in [5.41, 5.74) is 3.53. The molecule has 0 atom stereocenters. The minimum atomic E-state index is -0.302. The van der Waals surface area contributed by atoms with Crippen molar-refractivity contribution in [3.8, 4) is 5.75 Å². The first kappa shape index (κ1) is 19.3. The molecule has 0 fully saturated rings. The summed E-state index contributed by atoms with van der Waals surface area (Å²) in [5, 5.41) is 0. The summed E-state index contributed by atoms with van der Waals surface area (Å²) < 4.78 is 14.2. The smallest absolute Gasteiger partial charge is 0.286 e. The topological polar surface area (TPSA) is 52.8 Å². The molecule has 0 saturated carbocycles. The van der Waals surface area contributed by atoms with Gasteiger partial charge in [0.2, 0.25) is 0 Å². The number of hydrogen-bond donors (Lipinski definition) is 0.